The fraction of sp³-hybridized carbons (Fsp3) is 0.154. The summed E-state index contributed by atoms with van der Waals surface area (Å²) in [6.45, 7) is 2.62. The molecule has 6 heteroatoms. The topological polar surface area (TPSA) is 79.6 Å². The first-order valence-electron chi connectivity index (χ1n) is 5.92. The van der Waals surface area contributed by atoms with Gasteiger partial charge in [-0.25, -0.2) is 4.98 Å². The minimum Gasteiger partial charge on any atom is -0.423 e. The summed E-state index contributed by atoms with van der Waals surface area (Å²) in [5.41, 5.74) is 2.92. The lowest BCUT2D eigenvalue weighted by molar-refractivity contribution is 0.568. The number of aryl methyl sites for hydroxylation is 1. The number of nitrogens with one attached hydrogen (secondary N) is 2. The van der Waals surface area contributed by atoms with Gasteiger partial charge in [-0.1, -0.05) is 6.07 Å². The average Bonchev–Trinajstić information content (AvgIpc) is 3.08. The molecular formula is C13H13N5O. The number of hydrogen-bond donors (Lipinski definition) is 2. The zero-order valence-electron chi connectivity index (χ0n) is 10.4. The van der Waals surface area contributed by atoms with Gasteiger partial charge in [0.05, 0.1) is 18.4 Å². The van der Waals surface area contributed by atoms with Gasteiger partial charge in [0.2, 0.25) is 12.3 Å². The predicted octanol–water partition coefficient (Wildman–Crippen LogP) is 2.38. The van der Waals surface area contributed by atoms with Gasteiger partial charge < -0.3 is 14.7 Å². The summed E-state index contributed by atoms with van der Waals surface area (Å²) >= 11 is 0. The van der Waals surface area contributed by atoms with E-state index in [4.69, 9.17) is 4.42 Å². The molecule has 0 fully saturated rings. The second-order valence-corrected chi connectivity index (χ2v) is 4.17. The van der Waals surface area contributed by atoms with Crippen molar-refractivity contribution in [3.05, 3.63) is 48.4 Å². The Hall–Kier alpha value is -2.63. The molecule has 0 aliphatic heterocycles. The van der Waals surface area contributed by atoms with E-state index in [1.165, 1.54) is 6.39 Å². The minimum absolute atomic E-state index is 0.515. The average molecular weight is 255 g/mol. The SMILES string of the molecule is Cc1ncc(CNc2cccc(-c3nnco3)c2)[nH]1. The van der Waals surface area contributed by atoms with Gasteiger partial charge in [-0.3, -0.25) is 0 Å². The number of benzene rings is 1. The Bertz CT molecular complexity index is 659. The summed E-state index contributed by atoms with van der Waals surface area (Å²) in [6, 6.07) is 7.83. The Kier molecular flexibility index (Phi) is 2.97. The van der Waals surface area contributed by atoms with Crippen molar-refractivity contribution in [2.24, 2.45) is 0 Å². The fourth-order valence-corrected chi connectivity index (χ4v) is 1.82. The number of aromatic nitrogens is 4. The molecule has 0 bridgehead atoms. The van der Waals surface area contributed by atoms with Crippen molar-refractivity contribution in [1.29, 1.82) is 0 Å². The predicted molar refractivity (Wildman–Crippen MR) is 70.4 cm³/mol. The molecule has 3 rings (SSSR count). The molecule has 2 N–H and O–H groups in total. The second kappa shape index (κ2) is 4.93. The molecule has 19 heavy (non-hydrogen) atoms. The highest BCUT2D eigenvalue weighted by molar-refractivity contribution is 5.60. The lowest BCUT2D eigenvalue weighted by Crippen LogP contribution is -1.99. The number of anilines is 1. The number of imidazole rings is 1. The third-order valence-electron chi connectivity index (χ3n) is 2.71. The highest BCUT2D eigenvalue weighted by atomic mass is 16.4. The van der Waals surface area contributed by atoms with Crippen LogP contribution in [0.25, 0.3) is 11.5 Å². The molecule has 2 heterocycles. The highest BCUT2D eigenvalue weighted by Gasteiger charge is 2.04. The molecular weight excluding hydrogens is 242 g/mol. The van der Waals surface area contributed by atoms with Gasteiger partial charge in [0.1, 0.15) is 5.82 Å². The summed E-state index contributed by atoms with van der Waals surface area (Å²) in [5, 5.41) is 10.9. The maximum absolute atomic E-state index is 5.17. The quantitative estimate of drug-likeness (QED) is 0.748. The molecule has 2 aromatic heterocycles. The lowest BCUT2D eigenvalue weighted by atomic mass is 10.2. The molecule has 1 aromatic carbocycles. The lowest BCUT2D eigenvalue weighted by Gasteiger charge is -2.05. The zero-order valence-corrected chi connectivity index (χ0v) is 10.4. The van der Waals surface area contributed by atoms with Crippen LogP contribution >= 0.6 is 0 Å². The Balaban J connectivity index is 1.73. The molecule has 96 valence electrons. The van der Waals surface area contributed by atoms with Gasteiger partial charge in [0, 0.05) is 11.3 Å². The molecule has 0 saturated heterocycles. The van der Waals surface area contributed by atoms with Crippen molar-refractivity contribution in [2.45, 2.75) is 13.5 Å². The molecule has 0 radical (unpaired) electrons. The summed E-state index contributed by atoms with van der Waals surface area (Å²) in [7, 11) is 0. The van der Waals surface area contributed by atoms with E-state index in [0.717, 1.165) is 22.8 Å². The maximum atomic E-state index is 5.17. The van der Waals surface area contributed by atoms with E-state index in [9.17, 15) is 0 Å². The van der Waals surface area contributed by atoms with Crippen molar-refractivity contribution in [2.75, 3.05) is 5.32 Å². The molecule has 0 aliphatic carbocycles. The van der Waals surface area contributed by atoms with Gasteiger partial charge >= 0.3 is 0 Å². The second-order valence-electron chi connectivity index (χ2n) is 4.17. The van der Waals surface area contributed by atoms with E-state index in [-0.39, 0.29) is 0 Å². The van der Waals surface area contributed by atoms with Crippen LogP contribution in [-0.2, 0) is 6.54 Å². The number of nitrogens with zero attached hydrogens (tertiary/aromatic N) is 3. The molecule has 0 aliphatic rings. The number of H-pyrrole nitrogens is 1. The Morgan fingerprint density at radius 3 is 3.05 bits per heavy atom. The molecule has 3 aromatic rings. The van der Waals surface area contributed by atoms with Crippen LogP contribution in [0.4, 0.5) is 5.69 Å². The largest absolute Gasteiger partial charge is 0.423 e. The summed E-state index contributed by atoms with van der Waals surface area (Å²) in [4.78, 5) is 7.33. The first kappa shape index (κ1) is 11.5. The fourth-order valence-electron chi connectivity index (χ4n) is 1.82. The van der Waals surface area contributed by atoms with Gasteiger partial charge in [-0.2, -0.15) is 0 Å². The standard InChI is InChI=1S/C13H13N5O/c1-9-14-6-12(17-9)7-15-11-4-2-3-10(5-11)13-18-16-8-19-13/h2-6,8,15H,7H2,1H3,(H,14,17). The van der Waals surface area contributed by atoms with E-state index in [2.05, 4.69) is 25.5 Å². The Morgan fingerprint density at radius 1 is 1.37 bits per heavy atom. The number of rotatable bonds is 4. The Labute approximate surface area is 109 Å². The van der Waals surface area contributed by atoms with Crippen LogP contribution in [0, 0.1) is 6.92 Å². The normalized spacial score (nSPS) is 10.6. The first-order valence-corrected chi connectivity index (χ1v) is 5.92. The van der Waals surface area contributed by atoms with Gasteiger partial charge in [-0.15, -0.1) is 10.2 Å². The van der Waals surface area contributed by atoms with Crippen LogP contribution in [0.5, 0.6) is 0 Å². The van der Waals surface area contributed by atoms with E-state index in [1.54, 1.807) is 0 Å². The van der Waals surface area contributed by atoms with E-state index >= 15 is 0 Å². The molecule has 0 spiro atoms. The smallest absolute Gasteiger partial charge is 0.247 e. The molecule has 0 unspecified atom stereocenters. The van der Waals surface area contributed by atoms with Crippen LogP contribution in [0.15, 0.2) is 41.3 Å². The van der Waals surface area contributed by atoms with Crippen LogP contribution in [0.1, 0.15) is 11.5 Å². The highest BCUT2D eigenvalue weighted by Crippen LogP contribution is 2.20. The van der Waals surface area contributed by atoms with Crippen molar-refractivity contribution < 1.29 is 4.42 Å². The van der Waals surface area contributed by atoms with E-state index in [0.29, 0.717) is 12.4 Å². The third kappa shape index (κ3) is 2.62. The summed E-state index contributed by atoms with van der Waals surface area (Å²) in [6.07, 6.45) is 3.15. The van der Waals surface area contributed by atoms with Gasteiger partial charge in [0.25, 0.3) is 0 Å². The van der Waals surface area contributed by atoms with Crippen molar-refractivity contribution in [3.8, 4) is 11.5 Å². The summed E-state index contributed by atoms with van der Waals surface area (Å²) < 4.78 is 5.17. The minimum atomic E-state index is 0.515. The monoisotopic (exact) mass is 255 g/mol. The van der Waals surface area contributed by atoms with Crippen molar-refractivity contribution in [1.82, 2.24) is 20.2 Å². The van der Waals surface area contributed by atoms with Crippen molar-refractivity contribution >= 4 is 5.69 Å². The van der Waals surface area contributed by atoms with Crippen LogP contribution in [-0.4, -0.2) is 20.2 Å². The van der Waals surface area contributed by atoms with Crippen LogP contribution in [0.3, 0.4) is 0 Å². The van der Waals surface area contributed by atoms with Gasteiger partial charge in [0.15, 0.2) is 0 Å². The molecule has 0 amide bonds. The summed E-state index contributed by atoms with van der Waals surface area (Å²) in [5.74, 6) is 1.43. The zero-order chi connectivity index (χ0) is 13.1. The third-order valence-corrected chi connectivity index (χ3v) is 2.71. The van der Waals surface area contributed by atoms with Crippen LogP contribution in [0.2, 0.25) is 0 Å². The van der Waals surface area contributed by atoms with E-state index < -0.39 is 0 Å². The molecule has 0 saturated carbocycles. The molecule has 6 nitrogen and oxygen atoms in total. The van der Waals surface area contributed by atoms with E-state index in [1.807, 2.05) is 37.4 Å². The first-order chi connectivity index (χ1) is 9.31. The van der Waals surface area contributed by atoms with Gasteiger partial charge in [-0.05, 0) is 25.1 Å². The Morgan fingerprint density at radius 2 is 2.32 bits per heavy atom. The number of aromatic amines is 1. The maximum Gasteiger partial charge on any atom is 0.247 e. The van der Waals surface area contributed by atoms with Crippen molar-refractivity contribution in [3.63, 3.8) is 0 Å². The number of hydrogen-bond acceptors (Lipinski definition) is 5. The molecule has 0 atom stereocenters. The van der Waals surface area contributed by atoms with Crippen LogP contribution < -0.4 is 5.32 Å².